The second kappa shape index (κ2) is 6.82. The molecule has 0 fully saturated rings. The quantitative estimate of drug-likeness (QED) is 0.906. The summed E-state index contributed by atoms with van der Waals surface area (Å²) in [5.41, 5.74) is 0.907. The number of halogens is 3. The zero-order valence-corrected chi connectivity index (χ0v) is 10.3. The predicted octanol–water partition coefficient (Wildman–Crippen LogP) is 3.77. The van der Waals surface area contributed by atoms with Gasteiger partial charge in [-0.15, -0.1) is 0 Å². The average Bonchev–Trinajstić information content (AvgIpc) is 2.34. The molecule has 0 bridgehead atoms. The Morgan fingerprint density at radius 1 is 1.32 bits per heavy atom. The van der Waals surface area contributed by atoms with Gasteiger partial charge in [0.2, 0.25) is 0 Å². The lowest BCUT2D eigenvalue weighted by molar-refractivity contribution is -0.125. The van der Waals surface area contributed by atoms with Gasteiger partial charge in [0, 0.05) is 5.70 Å². The molecule has 19 heavy (non-hydrogen) atoms. The van der Waals surface area contributed by atoms with Gasteiger partial charge in [-0.3, -0.25) is 5.32 Å². The largest absolute Gasteiger partial charge is 0.444 e. The van der Waals surface area contributed by atoms with Crippen LogP contribution in [0, 0.1) is 0 Å². The molecule has 0 heterocycles. The highest BCUT2D eigenvalue weighted by molar-refractivity contribution is 5.69. The van der Waals surface area contributed by atoms with E-state index in [4.69, 9.17) is 4.74 Å². The van der Waals surface area contributed by atoms with Gasteiger partial charge in [-0.2, -0.15) is 13.2 Å². The summed E-state index contributed by atoms with van der Waals surface area (Å²) in [5, 5.41) is 2.22. The molecule has 104 valence electrons. The third kappa shape index (κ3) is 7.13. The van der Waals surface area contributed by atoms with Gasteiger partial charge in [-0.1, -0.05) is 36.4 Å². The van der Waals surface area contributed by atoms with Crippen molar-refractivity contribution >= 4 is 6.09 Å². The van der Waals surface area contributed by atoms with Crippen molar-refractivity contribution in [2.45, 2.75) is 26.1 Å². The van der Waals surface area contributed by atoms with Gasteiger partial charge in [-0.05, 0) is 12.5 Å². The number of hydrogen-bond donors (Lipinski definition) is 1. The minimum atomic E-state index is -4.28. The van der Waals surface area contributed by atoms with E-state index in [-0.39, 0.29) is 12.3 Å². The summed E-state index contributed by atoms with van der Waals surface area (Å²) in [6, 6.07) is 8.98. The molecular weight excluding hydrogens is 259 g/mol. The van der Waals surface area contributed by atoms with Crippen molar-refractivity contribution < 1.29 is 22.7 Å². The fourth-order valence-corrected chi connectivity index (χ4v) is 1.24. The van der Waals surface area contributed by atoms with E-state index in [0.29, 0.717) is 0 Å². The van der Waals surface area contributed by atoms with Crippen molar-refractivity contribution in [3.05, 3.63) is 47.7 Å². The number of rotatable bonds is 4. The number of nitrogens with one attached hydrogen (secondary N) is 1. The molecule has 0 radical (unpaired) electrons. The smallest absolute Gasteiger partial charge is 0.411 e. The number of ether oxygens (including phenoxy) is 1. The van der Waals surface area contributed by atoms with E-state index >= 15 is 0 Å². The molecule has 1 amide bonds. The maximum Gasteiger partial charge on any atom is 0.411 e. The van der Waals surface area contributed by atoms with E-state index < -0.39 is 18.7 Å². The van der Waals surface area contributed by atoms with Gasteiger partial charge >= 0.3 is 12.3 Å². The second-order valence-electron chi connectivity index (χ2n) is 3.89. The van der Waals surface area contributed by atoms with E-state index in [9.17, 15) is 18.0 Å². The summed E-state index contributed by atoms with van der Waals surface area (Å²) < 4.78 is 40.7. The molecule has 0 saturated heterocycles. The van der Waals surface area contributed by atoms with E-state index in [0.717, 1.165) is 11.6 Å². The van der Waals surface area contributed by atoms with Crippen LogP contribution >= 0.6 is 0 Å². The van der Waals surface area contributed by atoms with Crippen LogP contribution in [0.2, 0.25) is 0 Å². The van der Waals surface area contributed by atoms with E-state index in [1.54, 1.807) is 24.3 Å². The summed E-state index contributed by atoms with van der Waals surface area (Å²) in [7, 11) is 0. The Bertz CT molecular complexity index is 441. The van der Waals surface area contributed by atoms with Crippen LogP contribution < -0.4 is 5.32 Å². The molecule has 0 aliphatic heterocycles. The number of hydrogen-bond acceptors (Lipinski definition) is 2. The Labute approximate surface area is 109 Å². The van der Waals surface area contributed by atoms with Crippen LogP contribution in [0.5, 0.6) is 0 Å². The van der Waals surface area contributed by atoms with Gasteiger partial charge in [0.15, 0.2) is 0 Å². The Balaban J connectivity index is 2.35. The van der Waals surface area contributed by atoms with Crippen molar-refractivity contribution in [1.29, 1.82) is 0 Å². The summed E-state index contributed by atoms with van der Waals surface area (Å²) in [4.78, 5) is 11.3. The standard InChI is InChI=1S/C13H14F3NO2/c1-10(7-8-13(14,15)16)17-12(18)19-9-11-5-3-2-4-6-11/h2-7H,8-9H2,1H3,(H,17,18). The van der Waals surface area contributed by atoms with Crippen molar-refractivity contribution in [2.24, 2.45) is 0 Å². The molecular formula is C13H14F3NO2. The topological polar surface area (TPSA) is 38.3 Å². The predicted molar refractivity (Wildman–Crippen MR) is 64.2 cm³/mol. The SMILES string of the molecule is CC(=CCC(F)(F)F)NC(=O)OCc1ccccc1. The summed E-state index contributed by atoms with van der Waals surface area (Å²) >= 11 is 0. The van der Waals surface area contributed by atoms with Crippen LogP contribution in [0.1, 0.15) is 18.9 Å². The Hall–Kier alpha value is -1.98. The van der Waals surface area contributed by atoms with Gasteiger partial charge in [0.1, 0.15) is 6.61 Å². The molecule has 0 unspecified atom stereocenters. The number of carbonyl (C=O) groups is 1. The first-order valence-corrected chi connectivity index (χ1v) is 5.58. The highest BCUT2D eigenvalue weighted by Gasteiger charge is 2.25. The Morgan fingerprint density at radius 2 is 1.95 bits per heavy atom. The zero-order valence-electron chi connectivity index (χ0n) is 10.3. The number of benzene rings is 1. The third-order valence-electron chi connectivity index (χ3n) is 2.15. The van der Waals surface area contributed by atoms with Crippen molar-refractivity contribution in [3.8, 4) is 0 Å². The van der Waals surface area contributed by atoms with E-state index in [2.05, 4.69) is 5.32 Å². The summed E-state index contributed by atoms with van der Waals surface area (Å²) in [6.45, 7) is 1.44. The molecule has 3 nitrogen and oxygen atoms in total. The molecule has 1 N–H and O–H groups in total. The monoisotopic (exact) mass is 273 g/mol. The van der Waals surface area contributed by atoms with Crippen LogP contribution in [0.4, 0.5) is 18.0 Å². The molecule has 1 aromatic carbocycles. The second-order valence-corrected chi connectivity index (χ2v) is 3.89. The average molecular weight is 273 g/mol. The van der Waals surface area contributed by atoms with Gasteiger partial charge in [0.05, 0.1) is 6.42 Å². The van der Waals surface area contributed by atoms with Crippen molar-refractivity contribution in [1.82, 2.24) is 5.32 Å². The number of alkyl carbamates (subject to hydrolysis) is 1. The maximum absolute atomic E-state index is 11.9. The van der Waals surface area contributed by atoms with Crippen molar-refractivity contribution in [2.75, 3.05) is 0 Å². The number of carbonyl (C=O) groups excluding carboxylic acids is 1. The first-order chi connectivity index (χ1) is 8.87. The summed E-state index contributed by atoms with van der Waals surface area (Å²) in [6.07, 6.45) is -5.25. The molecule has 1 rings (SSSR count). The van der Waals surface area contributed by atoms with Crippen molar-refractivity contribution in [3.63, 3.8) is 0 Å². The highest BCUT2D eigenvalue weighted by Crippen LogP contribution is 2.20. The van der Waals surface area contributed by atoms with Crippen LogP contribution in [0.3, 0.4) is 0 Å². The molecule has 0 saturated carbocycles. The molecule has 0 aromatic heterocycles. The van der Waals surface area contributed by atoms with Gasteiger partial charge in [0.25, 0.3) is 0 Å². The molecule has 0 atom stereocenters. The third-order valence-corrected chi connectivity index (χ3v) is 2.15. The normalized spacial score (nSPS) is 12.1. The summed E-state index contributed by atoms with van der Waals surface area (Å²) in [5.74, 6) is 0. The first kappa shape index (κ1) is 15.1. The van der Waals surface area contributed by atoms with E-state index in [1.165, 1.54) is 6.92 Å². The molecule has 0 spiro atoms. The first-order valence-electron chi connectivity index (χ1n) is 5.58. The molecule has 0 aliphatic rings. The maximum atomic E-state index is 11.9. The fourth-order valence-electron chi connectivity index (χ4n) is 1.24. The zero-order chi connectivity index (χ0) is 14.3. The fraction of sp³-hybridized carbons (Fsp3) is 0.308. The van der Waals surface area contributed by atoms with E-state index in [1.807, 2.05) is 6.07 Å². The minimum Gasteiger partial charge on any atom is -0.444 e. The minimum absolute atomic E-state index is 0.0687. The van der Waals surface area contributed by atoms with Crippen LogP contribution in [-0.4, -0.2) is 12.3 Å². The van der Waals surface area contributed by atoms with Crippen LogP contribution in [-0.2, 0) is 11.3 Å². The van der Waals surface area contributed by atoms with Crippen LogP contribution in [0.25, 0.3) is 0 Å². The molecule has 1 aromatic rings. The Morgan fingerprint density at radius 3 is 2.53 bits per heavy atom. The lowest BCUT2D eigenvalue weighted by atomic mass is 10.2. The number of allylic oxidation sites excluding steroid dienone is 2. The number of amides is 1. The highest BCUT2D eigenvalue weighted by atomic mass is 19.4. The van der Waals surface area contributed by atoms with Gasteiger partial charge < -0.3 is 4.74 Å². The lowest BCUT2D eigenvalue weighted by Gasteiger charge is -2.08. The molecule has 6 heteroatoms. The number of alkyl halides is 3. The Kier molecular flexibility index (Phi) is 5.41. The van der Waals surface area contributed by atoms with Gasteiger partial charge in [-0.25, -0.2) is 4.79 Å². The lowest BCUT2D eigenvalue weighted by Crippen LogP contribution is -2.22. The van der Waals surface area contributed by atoms with Crippen LogP contribution in [0.15, 0.2) is 42.1 Å². The molecule has 0 aliphatic carbocycles.